The number of ketones is 1. The molecule has 0 saturated heterocycles. The summed E-state index contributed by atoms with van der Waals surface area (Å²) in [7, 11) is 0. The second-order valence-corrected chi connectivity index (χ2v) is 9.52. The summed E-state index contributed by atoms with van der Waals surface area (Å²) in [5, 5.41) is 7.22. The maximum Gasteiger partial charge on any atom is 0.222 e. The first-order chi connectivity index (χ1) is 17.1. The summed E-state index contributed by atoms with van der Waals surface area (Å²) in [6.07, 6.45) is 4.64. The SMILES string of the molecule is CC(=O)Nc1ncccc1-c1[nH]c2c(c1Nc1ccccc1)C(=O)CC(CSc1ccccn1)C2. The van der Waals surface area contributed by atoms with Crippen molar-refractivity contribution in [2.75, 3.05) is 16.4 Å². The van der Waals surface area contributed by atoms with E-state index in [0.29, 0.717) is 23.5 Å². The smallest absolute Gasteiger partial charge is 0.222 e. The number of H-pyrrole nitrogens is 1. The lowest BCUT2D eigenvalue weighted by molar-refractivity contribution is -0.114. The zero-order chi connectivity index (χ0) is 24.2. The van der Waals surface area contributed by atoms with Crippen LogP contribution in [0.2, 0.25) is 0 Å². The molecule has 1 unspecified atom stereocenters. The Bertz CT molecular complexity index is 1350. The van der Waals surface area contributed by atoms with E-state index in [4.69, 9.17) is 0 Å². The zero-order valence-corrected chi connectivity index (χ0v) is 20.1. The maximum atomic E-state index is 13.5. The summed E-state index contributed by atoms with van der Waals surface area (Å²) in [5.41, 5.74) is 4.64. The average molecular weight is 484 g/mol. The highest BCUT2D eigenvalue weighted by molar-refractivity contribution is 7.99. The third kappa shape index (κ3) is 5.12. The number of aromatic amines is 1. The molecule has 1 aromatic carbocycles. The summed E-state index contributed by atoms with van der Waals surface area (Å²) >= 11 is 1.67. The van der Waals surface area contributed by atoms with E-state index < -0.39 is 0 Å². The summed E-state index contributed by atoms with van der Waals surface area (Å²) in [4.78, 5) is 37.5. The van der Waals surface area contributed by atoms with Gasteiger partial charge in [-0.25, -0.2) is 9.97 Å². The topological polar surface area (TPSA) is 99.8 Å². The quantitative estimate of drug-likeness (QED) is 0.291. The van der Waals surface area contributed by atoms with Crippen molar-refractivity contribution in [3.8, 4) is 11.3 Å². The third-order valence-corrected chi connectivity index (χ3v) is 7.02. The fourth-order valence-electron chi connectivity index (χ4n) is 4.36. The lowest BCUT2D eigenvalue weighted by Gasteiger charge is -2.21. The van der Waals surface area contributed by atoms with Crippen LogP contribution in [-0.4, -0.2) is 32.4 Å². The number of rotatable bonds is 7. The first-order valence-electron chi connectivity index (χ1n) is 11.5. The minimum atomic E-state index is -0.207. The van der Waals surface area contributed by atoms with E-state index in [2.05, 4.69) is 25.6 Å². The van der Waals surface area contributed by atoms with Crippen LogP contribution in [0.5, 0.6) is 0 Å². The normalized spacial score (nSPS) is 14.9. The molecule has 7 nitrogen and oxygen atoms in total. The molecule has 0 saturated carbocycles. The highest BCUT2D eigenvalue weighted by Gasteiger charge is 2.32. The van der Waals surface area contributed by atoms with Crippen molar-refractivity contribution in [1.82, 2.24) is 15.0 Å². The van der Waals surface area contributed by atoms with Gasteiger partial charge in [-0.05, 0) is 48.7 Å². The van der Waals surface area contributed by atoms with Crippen molar-refractivity contribution in [1.29, 1.82) is 0 Å². The van der Waals surface area contributed by atoms with E-state index in [1.54, 1.807) is 24.2 Å². The lowest BCUT2D eigenvalue weighted by Crippen LogP contribution is -2.21. The van der Waals surface area contributed by atoms with Gasteiger partial charge in [-0.1, -0.05) is 24.3 Å². The fraction of sp³-hybridized carbons (Fsp3) is 0.185. The number of thioether (sulfide) groups is 1. The number of amides is 1. The van der Waals surface area contributed by atoms with E-state index in [9.17, 15) is 9.59 Å². The van der Waals surface area contributed by atoms with Gasteiger partial charge in [-0.2, -0.15) is 0 Å². The molecular formula is C27H25N5O2S. The molecule has 0 fully saturated rings. The number of aromatic nitrogens is 3. The largest absolute Gasteiger partial charge is 0.356 e. The minimum Gasteiger partial charge on any atom is -0.356 e. The predicted molar refractivity (Wildman–Crippen MR) is 139 cm³/mol. The van der Waals surface area contributed by atoms with Crippen molar-refractivity contribution in [3.05, 3.63) is 84.3 Å². The predicted octanol–water partition coefficient (Wildman–Crippen LogP) is 5.71. The maximum absolute atomic E-state index is 13.5. The second-order valence-electron chi connectivity index (χ2n) is 8.48. The van der Waals surface area contributed by atoms with Gasteiger partial charge in [0.25, 0.3) is 0 Å². The van der Waals surface area contributed by atoms with E-state index in [-0.39, 0.29) is 17.6 Å². The van der Waals surface area contributed by atoms with E-state index in [0.717, 1.165) is 39.8 Å². The Morgan fingerprint density at radius 2 is 1.83 bits per heavy atom. The van der Waals surface area contributed by atoms with Gasteiger partial charge in [-0.15, -0.1) is 11.8 Å². The molecule has 3 aromatic heterocycles. The van der Waals surface area contributed by atoms with Gasteiger partial charge < -0.3 is 15.6 Å². The highest BCUT2D eigenvalue weighted by atomic mass is 32.2. The number of benzene rings is 1. The van der Waals surface area contributed by atoms with Gasteiger partial charge >= 0.3 is 0 Å². The molecule has 0 bridgehead atoms. The molecule has 176 valence electrons. The number of fused-ring (bicyclic) bond motifs is 1. The molecule has 1 aliphatic rings. The molecule has 3 heterocycles. The number of Topliss-reactive ketones (excluding diaryl/α,β-unsaturated/α-hetero) is 1. The molecule has 35 heavy (non-hydrogen) atoms. The van der Waals surface area contributed by atoms with E-state index >= 15 is 0 Å². The molecule has 4 aromatic rings. The molecule has 1 atom stereocenters. The number of pyridine rings is 2. The molecule has 8 heteroatoms. The van der Waals surface area contributed by atoms with Crippen LogP contribution in [0.25, 0.3) is 11.3 Å². The molecule has 0 aliphatic heterocycles. The monoisotopic (exact) mass is 483 g/mol. The van der Waals surface area contributed by atoms with Crippen LogP contribution in [0.4, 0.5) is 17.2 Å². The van der Waals surface area contributed by atoms with Gasteiger partial charge in [0.15, 0.2) is 5.78 Å². The Kier molecular flexibility index (Phi) is 6.63. The number of nitrogens with one attached hydrogen (secondary N) is 3. The Morgan fingerprint density at radius 3 is 2.60 bits per heavy atom. The molecule has 1 amide bonds. The van der Waals surface area contributed by atoms with Crippen molar-refractivity contribution in [3.63, 3.8) is 0 Å². The zero-order valence-electron chi connectivity index (χ0n) is 19.2. The molecule has 1 aliphatic carbocycles. The van der Waals surface area contributed by atoms with Crippen molar-refractivity contribution >= 4 is 40.6 Å². The molecular weight excluding hydrogens is 458 g/mol. The lowest BCUT2D eigenvalue weighted by atomic mass is 9.87. The number of carbonyl (C=O) groups excluding carboxylic acids is 2. The summed E-state index contributed by atoms with van der Waals surface area (Å²) < 4.78 is 0. The highest BCUT2D eigenvalue weighted by Crippen LogP contribution is 2.42. The molecule has 0 spiro atoms. The van der Waals surface area contributed by atoms with Gasteiger partial charge in [0.05, 0.1) is 22.0 Å². The average Bonchev–Trinajstić information content (AvgIpc) is 3.22. The molecule has 3 N–H and O–H groups in total. The van der Waals surface area contributed by atoms with Crippen LogP contribution in [0, 0.1) is 5.92 Å². The second kappa shape index (κ2) is 10.1. The van der Waals surface area contributed by atoms with Crippen molar-refractivity contribution in [2.45, 2.75) is 24.8 Å². The number of para-hydroxylation sites is 1. The van der Waals surface area contributed by atoms with Crippen molar-refractivity contribution in [2.24, 2.45) is 5.92 Å². The van der Waals surface area contributed by atoms with E-state index in [1.807, 2.05) is 60.7 Å². The Hall–Kier alpha value is -3.91. The van der Waals surface area contributed by atoms with Crippen LogP contribution < -0.4 is 10.6 Å². The third-order valence-electron chi connectivity index (χ3n) is 5.84. The fourth-order valence-corrected chi connectivity index (χ4v) is 5.31. The van der Waals surface area contributed by atoms with Gasteiger partial charge in [0, 0.05) is 48.4 Å². The first kappa shape index (κ1) is 22.9. The number of nitrogens with zero attached hydrogens (tertiary/aromatic N) is 2. The van der Waals surface area contributed by atoms with Crippen molar-refractivity contribution < 1.29 is 9.59 Å². The molecule has 0 radical (unpaired) electrons. The first-order valence-corrected chi connectivity index (χ1v) is 12.4. The van der Waals surface area contributed by atoms with E-state index in [1.165, 1.54) is 6.92 Å². The van der Waals surface area contributed by atoms with Gasteiger partial charge in [0.2, 0.25) is 5.91 Å². The number of carbonyl (C=O) groups is 2. The summed E-state index contributed by atoms with van der Waals surface area (Å²) in [6, 6.07) is 19.3. The van der Waals surface area contributed by atoms with Gasteiger partial charge in [0.1, 0.15) is 5.82 Å². The number of anilines is 3. The standard InChI is InChI=1S/C27H25N5O2S/c1-17(33)30-27-20(10-7-13-29-27)25-26(31-19-8-3-2-4-9-19)24-21(32-25)14-18(15-22(24)34)16-35-23-11-5-6-12-28-23/h2-13,18,31-32H,14-16H2,1H3,(H,29,30,33). The number of hydrogen-bond donors (Lipinski definition) is 3. The van der Waals surface area contributed by atoms with Crippen LogP contribution in [0.1, 0.15) is 29.4 Å². The van der Waals surface area contributed by atoms with Crippen LogP contribution >= 0.6 is 11.8 Å². The van der Waals surface area contributed by atoms with Crippen LogP contribution in [0.3, 0.4) is 0 Å². The number of hydrogen-bond acceptors (Lipinski definition) is 6. The Labute approximate surface area is 207 Å². The van der Waals surface area contributed by atoms with Gasteiger partial charge in [-0.3, -0.25) is 9.59 Å². The molecule has 5 rings (SSSR count). The minimum absolute atomic E-state index is 0.101. The summed E-state index contributed by atoms with van der Waals surface area (Å²) in [5.74, 6) is 1.35. The Balaban J connectivity index is 1.52. The Morgan fingerprint density at radius 1 is 1.03 bits per heavy atom. The van der Waals surface area contributed by atoms with Crippen LogP contribution in [0.15, 0.2) is 78.1 Å². The van der Waals surface area contributed by atoms with Crippen LogP contribution in [-0.2, 0) is 11.2 Å². The summed E-state index contributed by atoms with van der Waals surface area (Å²) in [6.45, 7) is 1.45.